The molecule has 1 aliphatic carbocycles. The van der Waals surface area contributed by atoms with Crippen LogP contribution in [0.2, 0.25) is 0 Å². The molecule has 0 aromatic carbocycles. The lowest BCUT2D eigenvalue weighted by Crippen LogP contribution is -2.25. The largest absolute Gasteiger partial charge is 0.294 e. The Morgan fingerprint density at radius 2 is 1.72 bits per heavy atom. The van der Waals surface area contributed by atoms with Crippen molar-refractivity contribution < 1.29 is 0 Å². The highest BCUT2D eigenvalue weighted by atomic mass is 16.1. The van der Waals surface area contributed by atoms with Gasteiger partial charge in [-0.1, -0.05) is 25.7 Å². The minimum atomic E-state index is -0.0556. The topological polar surface area (TPSA) is 60.7 Å². The first-order chi connectivity index (χ1) is 8.86. The summed E-state index contributed by atoms with van der Waals surface area (Å²) in [6, 6.07) is 0.277. The highest BCUT2D eigenvalue weighted by molar-refractivity contribution is 5.66. The molecule has 2 heterocycles. The Morgan fingerprint density at radius 1 is 1.00 bits per heavy atom. The molecule has 1 aliphatic rings. The van der Waals surface area contributed by atoms with Gasteiger partial charge in [0.05, 0.1) is 0 Å². The molecular formula is C13H16N4O. The van der Waals surface area contributed by atoms with Gasteiger partial charge in [-0.3, -0.25) is 9.36 Å². The van der Waals surface area contributed by atoms with Gasteiger partial charge in [-0.2, -0.15) is 0 Å². The number of aromatic nitrogens is 4. The predicted molar refractivity (Wildman–Crippen MR) is 68.3 cm³/mol. The molecule has 0 aliphatic heterocycles. The van der Waals surface area contributed by atoms with Crippen LogP contribution in [0, 0.1) is 0 Å². The van der Waals surface area contributed by atoms with Crippen LogP contribution in [0.25, 0.3) is 11.2 Å². The zero-order valence-electron chi connectivity index (χ0n) is 10.2. The average molecular weight is 244 g/mol. The molecule has 0 radical (unpaired) electrons. The molecule has 1 saturated carbocycles. The van der Waals surface area contributed by atoms with Crippen molar-refractivity contribution >= 4 is 11.2 Å². The van der Waals surface area contributed by atoms with Gasteiger partial charge >= 0.3 is 0 Å². The normalized spacial score (nSPS) is 17.8. The summed E-state index contributed by atoms with van der Waals surface area (Å²) in [4.78, 5) is 24.8. The first-order valence-electron chi connectivity index (χ1n) is 6.54. The van der Waals surface area contributed by atoms with Crippen molar-refractivity contribution in [1.82, 2.24) is 19.5 Å². The van der Waals surface area contributed by atoms with E-state index in [4.69, 9.17) is 0 Å². The van der Waals surface area contributed by atoms with Crippen LogP contribution in [0.3, 0.4) is 0 Å². The summed E-state index contributed by atoms with van der Waals surface area (Å²) in [5.74, 6) is 0. The summed E-state index contributed by atoms with van der Waals surface area (Å²) in [7, 11) is 0. The van der Waals surface area contributed by atoms with Crippen molar-refractivity contribution in [2.45, 2.75) is 44.6 Å². The van der Waals surface area contributed by atoms with E-state index in [9.17, 15) is 4.79 Å². The summed E-state index contributed by atoms with van der Waals surface area (Å²) >= 11 is 0. The zero-order chi connectivity index (χ0) is 12.4. The monoisotopic (exact) mass is 244 g/mol. The van der Waals surface area contributed by atoms with Gasteiger partial charge in [-0.25, -0.2) is 15.0 Å². The fraction of sp³-hybridized carbons (Fsp3) is 0.538. The van der Waals surface area contributed by atoms with E-state index in [-0.39, 0.29) is 11.6 Å². The van der Waals surface area contributed by atoms with Gasteiger partial charge in [0, 0.05) is 18.4 Å². The first kappa shape index (κ1) is 11.3. The van der Waals surface area contributed by atoms with E-state index in [1.165, 1.54) is 25.7 Å². The third-order valence-corrected chi connectivity index (χ3v) is 3.64. The molecule has 94 valence electrons. The van der Waals surface area contributed by atoms with Crippen LogP contribution in [0.4, 0.5) is 0 Å². The molecule has 0 unspecified atom stereocenters. The van der Waals surface area contributed by atoms with Crippen LogP contribution in [-0.2, 0) is 0 Å². The molecule has 18 heavy (non-hydrogen) atoms. The molecule has 5 heteroatoms. The van der Waals surface area contributed by atoms with Crippen molar-refractivity contribution in [2.75, 3.05) is 0 Å². The van der Waals surface area contributed by atoms with Crippen LogP contribution in [0.1, 0.15) is 44.6 Å². The minimum Gasteiger partial charge on any atom is -0.294 e. The molecule has 0 N–H and O–H groups in total. The van der Waals surface area contributed by atoms with Crippen LogP contribution in [-0.4, -0.2) is 19.5 Å². The highest BCUT2D eigenvalue weighted by Gasteiger charge is 2.17. The lowest BCUT2D eigenvalue weighted by Gasteiger charge is -2.16. The molecule has 1 fully saturated rings. The molecule has 5 nitrogen and oxygen atoms in total. The van der Waals surface area contributed by atoms with Crippen molar-refractivity contribution in [1.29, 1.82) is 0 Å². The van der Waals surface area contributed by atoms with Gasteiger partial charge in [-0.05, 0) is 12.8 Å². The quantitative estimate of drug-likeness (QED) is 0.720. The predicted octanol–water partition coefficient (Wildman–Crippen LogP) is 2.08. The maximum absolute atomic E-state index is 12.4. The van der Waals surface area contributed by atoms with E-state index in [0.717, 1.165) is 12.8 Å². The van der Waals surface area contributed by atoms with E-state index in [0.29, 0.717) is 11.2 Å². The molecule has 3 rings (SSSR count). The highest BCUT2D eigenvalue weighted by Crippen LogP contribution is 2.25. The second-order valence-corrected chi connectivity index (χ2v) is 4.83. The minimum absolute atomic E-state index is 0.0556. The zero-order valence-corrected chi connectivity index (χ0v) is 10.2. The summed E-state index contributed by atoms with van der Waals surface area (Å²) in [5, 5.41) is 0. The van der Waals surface area contributed by atoms with Crippen LogP contribution in [0.5, 0.6) is 0 Å². The molecule has 0 bridgehead atoms. The Bertz CT molecular complexity index is 599. The number of fused-ring (bicyclic) bond motifs is 1. The van der Waals surface area contributed by atoms with Gasteiger partial charge in [0.15, 0.2) is 11.2 Å². The number of nitrogens with zero attached hydrogens (tertiary/aromatic N) is 4. The number of rotatable bonds is 1. The molecule has 2 aromatic heterocycles. The van der Waals surface area contributed by atoms with Gasteiger partial charge in [-0.15, -0.1) is 0 Å². The fourth-order valence-electron chi connectivity index (χ4n) is 2.66. The van der Waals surface area contributed by atoms with Crippen LogP contribution in [0.15, 0.2) is 23.5 Å². The summed E-state index contributed by atoms with van der Waals surface area (Å²) in [6.45, 7) is 0. The molecular weight excluding hydrogens is 228 g/mol. The van der Waals surface area contributed by atoms with Crippen molar-refractivity contribution in [2.24, 2.45) is 0 Å². The standard InChI is InChI=1S/C13H16N4O/c18-13-11-12(15-8-7-14-11)16-9-17(13)10-5-3-1-2-4-6-10/h7-10H,1-6H2. The average Bonchev–Trinajstić information content (AvgIpc) is 2.68. The summed E-state index contributed by atoms with van der Waals surface area (Å²) in [5.41, 5.74) is 0.761. The maximum Gasteiger partial charge on any atom is 0.281 e. The Morgan fingerprint density at radius 3 is 2.50 bits per heavy atom. The van der Waals surface area contributed by atoms with Crippen LogP contribution >= 0.6 is 0 Å². The Labute approximate surface area is 105 Å². The van der Waals surface area contributed by atoms with Gasteiger partial charge < -0.3 is 0 Å². The van der Waals surface area contributed by atoms with E-state index in [1.54, 1.807) is 23.3 Å². The lowest BCUT2D eigenvalue weighted by atomic mass is 10.1. The van der Waals surface area contributed by atoms with Crippen molar-refractivity contribution in [3.05, 3.63) is 29.1 Å². The van der Waals surface area contributed by atoms with E-state index < -0.39 is 0 Å². The number of hydrogen-bond donors (Lipinski definition) is 0. The fourth-order valence-corrected chi connectivity index (χ4v) is 2.66. The SMILES string of the molecule is O=c1c2nccnc2ncn1C1CCCCCC1. The Kier molecular flexibility index (Phi) is 3.04. The first-order valence-corrected chi connectivity index (χ1v) is 6.54. The van der Waals surface area contributed by atoms with Gasteiger partial charge in [0.2, 0.25) is 0 Å². The van der Waals surface area contributed by atoms with Crippen molar-refractivity contribution in [3.63, 3.8) is 0 Å². The van der Waals surface area contributed by atoms with E-state index in [2.05, 4.69) is 15.0 Å². The van der Waals surface area contributed by atoms with Crippen LogP contribution < -0.4 is 5.56 Å². The molecule has 0 spiro atoms. The molecule has 0 atom stereocenters. The molecule has 0 saturated heterocycles. The summed E-state index contributed by atoms with van der Waals surface area (Å²) < 4.78 is 1.75. The summed E-state index contributed by atoms with van der Waals surface area (Å²) in [6.07, 6.45) is 11.8. The van der Waals surface area contributed by atoms with E-state index in [1.807, 2.05) is 0 Å². The third kappa shape index (κ3) is 2.00. The van der Waals surface area contributed by atoms with Crippen molar-refractivity contribution in [3.8, 4) is 0 Å². The Hall–Kier alpha value is -1.78. The smallest absolute Gasteiger partial charge is 0.281 e. The van der Waals surface area contributed by atoms with Gasteiger partial charge in [0.1, 0.15) is 6.33 Å². The number of hydrogen-bond acceptors (Lipinski definition) is 4. The Balaban J connectivity index is 2.06. The molecule has 0 amide bonds. The second kappa shape index (κ2) is 4.84. The third-order valence-electron chi connectivity index (χ3n) is 3.64. The molecule has 2 aromatic rings. The lowest BCUT2D eigenvalue weighted by molar-refractivity contribution is 0.429. The second-order valence-electron chi connectivity index (χ2n) is 4.83. The maximum atomic E-state index is 12.4. The van der Waals surface area contributed by atoms with Gasteiger partial charge in [0.25, 0.3) is 5.56 Å². The van der Waals surface area contributed by atoms with E-state index >= 15 is 0 Å².